The average Bonchev–Trinajstić information content (AvgIpc) is 1.58. The van der Waals surface area contributed by atoms with Crippen LogP contribution < -0.4 is 0 Å². The van der Waals surface area contributed by atoms with Gasteiger partial charge < -0.3 is 9.84 Å². The summed E-state index contributed by atoms with van der Waals surface area (Å²) in [5.41, 5.74) is 0. The van der Waals surface area contributed by atoms with Crippen LogP contribution >= 0.6 is 0 Å². The van der Waals surface area contributed by atoms with Gasteiger partial charge in [-0.15, -0.1) is 0 Å². The number of carbonyl (C=O) groups excluding carboxylic acids is 1. The number of ether oxygens (including phenoxy) is 1. The lowest BCUT2D eigenvalue weighted by molar-refractivity contribution is -0.139. The van der Waals surface area contributed by atoms with Crippen LogP contribution in [0.1, 0.15) is 20.3 Å². The van der Waals surface area contributed by atoms with E-state index in [1.807, 2.05) is 13.8 Å². The summed E-state index contributed by atoms with van der Waals surface area (Å²) in [6.07, 6.45) is -1.39. The van der Waals surface area contributed by atoms with Crippen molar-refractivity contribution in [3.8, 4) is 0 Å². The molecule has 0 aromatic heterocycles. The van der Waals surface area contributed by atoms with E-state index in [0.29, 0.717) is 0 Å². The lowest BCUT2D eigenvalue weighted by Crippen LogP contribution is -2.11. The van der Waals surface area contributed by atoms with E-state index >= 15 is 0 Å². The van der Waals surface area contributed by atoms with Crippen LogP contribution in [0.25, 0.3) is 0 Å². The van der Waals surface area contributed by atoms with E-state index in [4.69, 9.17) is 5.11 Å². The molecule has 0 amide bonds. The molecule has 0 rings (SSSR count). The molecule has 0 spiro atoms. The van der Waals surface area contributed by atoms with Crippen LogP contribution in [0.4, 0.5) is 4.79 Å². The third-order valence-electron chi connectivity index (χ3n) is 0.776. The minimum Gasteiger partial charge on any atom is -0.449 e. The molecule has 0 aliphatic rings. The summed E-state index contributed by atoms with van der Waals surface area (Å²) < 4.78 is 3.84. The van der Waals surface area contributed by atoms with Gasteiger partial charge in [0, 0.05) is 6.42 Å². The third-order valence-corrected chi connectivity index (χ3v) is 0.776. The van der Waals surface area contributed by atoms with Gasteiger partial charge in [-0.25, -0.2) is 4.79 Å². The normalized spacial score (nSPS) is 9.50. The Labute approximate surface area is 58.8 Å². The Bertz CT molecular complexity index is 139. The maximum Gasteiger partial charge on any atom is 0.513 e. The van der Waals surface area contributed by atoms with E-state index in [1.54, 1.807) is 0 Å². The van der Waals surface area contributed by atoms with Crippen LogP contribution in [0.2, 0.25) is 0 Å². The van der Waals surface area contributed by atoms with Gasteiger partial charge in [-0.05, 0) is 5.92 Å². The molecule has 0 atom stereocenters. The van der Waals surface area contributed by atoms with Gasteiger partial charge in [0.2, 0.25) is 0 Å². The number of carbonyl (C=O) groups is 2. The smallest absolute Gasteiger partial charge is 0.449 e. The van der Waals surface area contributed by atoms with Gasteiger partial charge in [0.25, 0.3) is 0 Å². The molecular weight excluding hydrogens is 136 g/mol. The van der Waals surface area contributed by atoms with Gasteiger partial charge >= 0.3 is 12.1 Å². The van der Waals surface area contributed by atoms with Crippen molar-refractivity contribution in [2.75, 3.05) is 0 Å². The molecule has 0 saturated carbocycles. The van der Waals surface area contributed by atoms with Crippen molar-refractivity contribution in [1.82, 2.24) is 0 Å². The second-order valence-electron chi connectivity index (χ2n) is 2.34. The number of esters is 1. The van der Waals surface area contributed by atoms with Crippen molar-refractivity contribution in [3.63, 3.8) is 0 Å². The van der Waals surface area contributed by atoms with Gasteiger partial charge in [-0.3, -0.25) is 4.79 Å². The first-order valence-electron chi connectivity index (χ1n) is 2.96. The van der Waals surface area contributed by atoms with Crippen molar-refractivity contribution in [3.05, 3.63) is 0 Å². The molecule has 0 unspecified atom stereocenters. The number of carboxylic acid groups (broad SMARTS) is 1. The fourth-order valence-corrected chi connectivity index (χ4v) is 0.472. The molecule has 0 heterocycles. The molecule has 0 aromatic carbocycles. The standard InChI is InChI=1S/C6H10O4/c1-4(2)3-5(7)10-6(8)9/h4H,3H2,1-2H3,(H,8,9). The Hall–Kier alpha value is -1.06. The largest absolute Gasteiger partial charge is 0.513 e. The second kappa shape index (κ2) is 3.87. The zero-order valence-corrected chi connectivity index (χ0v) is 5.96. The molecule has 58 valence electrons. The fourth-order valence-electron chi connectivity index (χ4n) is 0.472. The number of hydrogen-bond donors (Lipinski definition) is 1. The van der Waals surface area contributed by atoms with Crippen LogP contribution in [0, 0.1) is 5.92 Å². The molecule has 0 radical (unpaired) electrons. The summed E-state index contributed by atoms with van der Waals surface area (Å²) >= 11 is 0. The molecule has 0 aromatic rings. The zero-order valence-electron chi connectivity index (χ0n) is 5.96. The zero-order chi connectivity index (χ0) is 8.15. The molecule has 0 saturated heterocycles. The highest BCUT2D eigenvalue weighted by molar-refractivity contribution is 5.80. The van der Waals surface area contributed by atoms with E-state index in [-0.39, 0.29) is 12.3 Å². The van der Waals surface area contributed by atoms with E-state index in [9.17, 15) is 9.59 Å². The Kier molecular flexibility index (Phi) is 3.46. The summed E-state index contributed by atoms with van der Waals surface area (Å²) in [5.74, 6) is -0.561. The molecule has 4 heteroatoms. The van der Waals surface area contributed by atoms with Crippen molar-refractivity contribution in [2.24, 2.45) is 5.92 Å². The van der Waals surface area contributed by atoms with Gasteiger partial charge in [0.05, 0.1) is 0 Å². The predicted molar refractivity (Wildman–Crippen MR) is 33.6 cm³/mol. The molecule has 0 aliphatic heterocycles. The van der Waals surface area contributed by atoms with Crippen LogP contribution in [0.15, 0.2) is 0 Å². The highest BCUT2D eigenvalue weighted by Gasteiger charge is 2.09. The third kappa shape index (κ3) is 5.08. The Morgan fingerprint density at radius 1 is 1.50 bits per heavy atom. The monoisotopic (exact) mass is 146 g/mol. The summed E-state index contributed by atoms with van der Waals surface area (Å²) in [4.78, 5) is 20.2. The highest BCUT2D eigenvalue weighted by atomic mass is 16.7. The van der Waals surface area contributed by atoms with E-state index < -0.39 is 12.1 Å². The average molecular weight is 146 g/mol. The summed E-state index contributed by atoms with van der Waals surface area (Å²) in [7, 11) is 0. The van der Waals surface area contributed by atoms with Gasteiger partial charge in [-0.2, -0.15) is 0 Å². The lowest BCUT2D eigenvalue weighted by Gasteiger charge is -2.00. The van der Waals surface area contributed by atoms with Crippen molar-refractivity contribution < 1.29 is 19.4 Å². The first-order chi connectivity index (χ1) is 4.52. The summed E-state index contributed by atoms with van der Waals surface area (Å²) in [6, 6.07) is 0. The molecular formula is C6H10O4. The number of hydrogen-bond acceptors (Lipinski definition) is 3. The maximum absolute atomic E-state index is 10.5. The predicted octanol–water partition coefficient (Wildman–Crippen LogP) is 1.25. The van der Waals surface area contributed by atoms with E-state index in [2.05, 4.69) is 4.74 Å². The van der Waals surface area contributed by atoms with E-state index in [1.165, 1.54) is 0 Å². The Morgan fingerprint density at radius 3 is 2.30 bits per heavy atom. The first kappa shape index (κ1) is 8.94. The molecule has 0 aliphatic carbocycles. The molecule has 0 fully saturated rings. The van der Waals surface area contributed by atoms with Crippen molar-refractivity contribution in [1.29, 1.82) is 0 Å². The fraction of sp³-hybridized carbons (Fsp3) is 0.667. The van der Waals surface area contributed by atoms with Crippen LogP contribution in [0.3, 0.4) is 0 Å². The Morgan fingerprint density at radius 2 is 2.00 bits per heavy atom. The molecule has 0 bridgehead atoms. The lowest BCUT2D eigenvalue weighted by atomic mass is 10.1. The van der Waals surface area contributed by atoms with Crippen LogP contribution in [-0.4, -0.2) is 17.2 Å². The van der Waals surface area contributed by atoms with Gasteiger partial charge in [0.15, 0.2) is 0 Å². The molecule has 4 nitrogen and oxygen atoms in total. The van der Waals surface area contributed by atoms with Crippen LogP contribution in [-0.2, 0) is 9.53 Å². The van der Waals surface area contributed by atoms with E-state index in [0.717, 1.165) is 0 Å². The van der Waals surface area contributed by atoms with Gasteiger partial charge in [-0.1, -0.05) is 13.8 Å². The van der Waals surface area contributed by atoms with Gasteiger partial charge in [0.1, 0.15) is 0 Å². The summed E-state index contributed by atoms with van der Waals surface area (Å²) in [6.45, 7) is 3.62. The maximum atomic E-state index is 10.5. The Balaban J connectivity index is 3.54. The number of rotatable bonds is 2. The molecule has 10 heavy (non-hydrogen) atoms. The summed E-state index contributed by atoms with van der Waals surface area (Å²) in [5, 5.41) is 7.95. The first-order valence-corrected chi connectivity index (χ1v) is 2.96. The quantitative estimate of drug-likeness (QED) is 0.470. The molecule has 1 N–H and O–H groups in total. The SMILES string of the molecule is CC(C)CC(=O)OC(=O)O. The highest BCUT2D eigenvalue weighted by Crippen LogP contribution is 2.00. The minimum atomic E-state index is -1.54. The topological polar surface area (TPSA) is 63.6 Å². The van der Waals surface area contributed by atoms with Crippen molar-refractivity contribution in [2.45, 2.75) is 20.3 Å². The second-order valence-corrected chi connectivity index (χ2v) is 2.34. The van der Waals surface area contributed by atoms with Crippen LogP contribution in [0.5, 0.6) is 0 Å². The van der Waals surface area contributed by atoms with Crippen molar-refractivity contribution >= 4 is 12.1 Å². The minimum absolute atomic E-state index is 0.131.